The van der Waals surface area contributed by atoms with Crippen molar-refractivity contribution in [3.05, 3.63) is 65.3 Å². The molecule has 0 aromatic heterocycles. The van der Waals surface area contributed by atoms with E-state index < -0.39 is 0 Å². The average molecular weight is 250 g/mol. The number of allylic oxidation sites excluding steroid dienone is 4. The van der Waals surface area contributed by atoms with Crippen molar-refractivity contribution in [3.8, 4) is 5.75 Å². The van der Waals surface area contributed by atoms with E-state index in [9.17, 15) is 0 Å². The number of methoxy groups -OCH3 is 1. The summed E-state index contributed by atoms with van der Waals surface area (Å²) in [6, 6.07) is 12.8. The van der Waals surface area contributed by atoms with Crippen LogP contribution in [0.1, 0.15) is 25.3 Å². The number of fused-ring (bicyclic) bond motifs is 1. The van der Waals surface area contributed by atoms with Gasteiger partial charge in [-0.3, -0.25) is 0 Å². The first kappa shape index (κ1) is 12.0. The van der Waals surface area contributed by atoms with Crippen LogP contribution in [-0.2, 0) is 0 Å². The van der Waals surface area contributed by atoms with Gasteiger partial charge in [-0.2, -0.15) is 0 Å². The van der Waals surface area contributed by atoms with Crippen molar-refractivity contribution in [2.24, 2.45) is 0 Å². The minimum absolute atomic E-state index is 0.347. The van der Waals surface area contributed by atoms with Gasteiger partial charge in [0.05, 0.1) is 7.11 Å². The Bertz CT molecular complexity index is 692. The Balaban J connectivity index is 2.23. The summed E-state index contributed by atoms with van der Waals surface area (Å²) in [5.41, 5.74) is 4.03. The lowest BCUT2D eigenvalue weighted by molar-refractivity contribution is 0.414. The molecule has 96 valence electrons. The van der Waals surface area contributed by atoms with E-state index >= 15 is 0 Å². The van der Waals surface area contributed by atoms with Gasteiger partial charge in [0.25, 0.3) is 0 Å². The van der Waals surface area contributed by atoms with Crippen LogP contribution in [0, 0.1) is 0 Å². The van der Waals surface area contributed by atoms with Crippen molar-refractivity contribution in [1.82, 2.24) is 0 Å². The largest absolute Gasteiger partial charge is 0.496 e. The van der Waals surface area contributed by atoms with Crippen molar-refractivity contribution in [1.29, 1.82) is 0 Å². The highest BCUT2D eigenvalue weighted by atomic mass is 16.5. The first-order valence-electron chi connectivity index (χ1n) is 6.63. The molecule has 0 radical (unpaired) electrons. The number of rotatable bonds is 2. The smallest absolute Gasteiger partial charge is 0.130 e. The summed E-state index contributed by atoms with van der Waals surface area (Å²) in [7, 11) is 1.76. The predicted molar refractivity (Wildman–Crippen MR) is 80.8 cm³/mol. The van der Waals surface area contributed by atoms with Crippen molar-refractivity contribution < 1.29 is 4.74 Å². The van der Waals surface area contributed by atoms with Gasteiger partial charge in [0.1, 0.15) is 5.75 Å². The van der Waals surface area contributed by atoms with Crippen molar-refractivity contribution in [2.75, 3.05) is 7.11 Å². The van der Waals surface area contributed by atoms with Gasteiger partial charge in [-0.15, -0.1) is 0 Å². The van der Waals surface area contributed by atoms with Crippen LogP contribution >= 0.6 is 0 Å². The third-order valence-electron chi connectivity index (χ3n) is 4.08. The molecule has 1 nitrogen and oxygen atoms in total. The molecule has 1 aliphatic carbocycles. The van der Waals surface area contributed by atoms with E-state index in [0.29, 0.717) is 5.92 Å². The molecule has 1 atom stereocenters. The Hall–Kier alpha value is -2.02. The van der Waals surface area contributed by atoms with Crippen molar-refractivity contribution in [2.45, 2.75) is 19.8 Å². The Morgan fingerprint density at radius 2 is 1.79 bits per heavy atom. The molecule has 1 unspecified atom stereocenters. The van der Waals surface area contributed by atoms with E-state index in [1.165, 1.54) is 27.5 Å². The molecule has 0 N–H and O–H groups in total. The number of benzene rings is 2. The van der Waals surface area contributed by atoms with Crippen LogP contribution in [0.5, 0.6) is 5.75 Å². The van der Waals surface area contributed by atoms with Crippen LogP contribution in [0.3, 0.4) is 0 Å². The first-order valence-corrected chi connectivity index (χ1v) is 6.63. The predicted octanol–water partition coefficient (Wildman–Crippen LogP) is 4.84. The summed E-state index contributed by atoms with van der Waals surface area (Å²) < 4.78 is 5.70. The van der Waals surface area contributed by atoms with E-state index in [4.69, 9.17) is 4.74 Å². The minimum atomic E-state index is 0.347. The summed E-state index contributed by atoms with van der Waals surface area (Å²) in [6.07, 6.45) is 4.46. The molecule has 0 saturated heterocycles. The van der Waals surface area contributed by atoms with E-state index in [-0.39, 0.29) is 0 Å². The third kappa shape index (κ3) is 1.86. The molecule has 0 bridgehead atoms. The zero-order chi connectivity index (χ0) is 13.4. The summed E-state index contributed by atoms with van der Waals surface area (Å²) in [6.45, 7) is 4.37. The Morgan fingerprint density at radius 3 is 2.47 bits per heavy atom. The summed E-state index contributed by atoms with van der Waals surface area (Å²) in [5.74, 6) is 1.35. The molecule has 2 aromatic carbocycles. The summed E-state index contributed by atoms with van der Waals surface area (Å²) in [4.78, 5) is 0. The lowest BCUT2D eigenvalue weighted by Gasteiger charge is -2.17. The molecule has 2 aromatic rings. The number of hydrogen-bond donors (Lipinski definition) is 0. The molecule has 0 fully saturated rings. The SMILES string of the molecule is COc1c(C2C=CC(C)=C2C)ccc2ccccc12. The Morgan fingerprint density at radius 1 is 1.00 bits per heavy atom. The highest BCUT2D eigenvalue weighted by Gasteiger charge is 2.21. The number of hydrogen-bond acceptors (Lipinski definition) is 1. The van der Waals surface area contributed by atoms with Crippen LogP contribution in [-0.4, -0.2) is 7.11 Å². The molecule has 0 heterocycles. The molecule has 1 heteroatoms. The van der Waals surface area contributed by atoms with E-state index in [1.54, 1.807) is 7.11 Å². The Kier molecular flexibility index (Phi) is 2.90. The monoisotopic (exact) mass is 250 g/mol. The minimum Gasteiger partial charge on any atom is -0.496 e. The third-order valence-corrected chi connectivity index (χ3v) is 4.08. The zero-order valence-electron chi connectivity index (χ0n) is 11.6. The van der Waals surface area contributed by atoms with E-state index in [1.807, 2.05) is 0 Å². The van der Waals surface area contributed by atoms with Crippen molar-refractivity contribution >= 4 is 10.8 Å². The van der Waals surface area contributed by atoms with Crippen LogP contribution < -0.4 is 4.74 Å². The fraction of sp³-hybridized carbons (Fsp3) is 0.222. The van der Waals surface area contributed by atoms with Crippen LogP contribution in [0.25, 0.3) is 10.8 Å². The molecule has 0 spiro atoms. The second-order valence-corrected chi connectivity index (χ2v) is 5.11. The lowest BCUT2D eigenvalue weighted by Crippen LogP contribution is -1.99. The maximum atomic E-state index is 5.70. The average Bonchev–Trinajstić information content (AvgIpc) is 2.77. The second-order valence-electron chi connectivity index (χ2n) is 5.11. The summed E-state index contributed by atoms with van der Waals surface area (Å²) >= 11 is 0. The standard InChI is InChI=1S/C18H18O/c1-12-8-10-15(13(12)2)17-11-9-14-6-4-5-7-16(14)18(17)19-3/h4-11,15H,1-3H3. The molecule has 0 amide bonds. The van der Waals surface area contributed by atoms with Gasteiger partial charge >= 0.3 is 0 Å². The maximum Gasteiger partial charge on any atom is 0.130 e. The van der Waals surface area contributed by atoms with Gasteiger partial charge in [-0.05, 0) is 19.2 Å². The Labute approximate surface area is 114 Å². The van der Waals surface area contributed by atoms with Gasteiger partial charge in [0.2, 0.25) is 0 Å². The molecule has 19 heavy (non-hydrogen) atoms. The van der Waals surface area contributed by atoms with E-state index in [0.717, 1.165) is 5.75 Å². The molecule has 0 saturated carbocycles. The lowest BCUT2D eigenvalue weighted by atomic mass is 9.91. The van der Waals surface area contributed by atoms with Gasteiger partial charge < -0.3 is 4.74 Å². The normalized spacial score (nSPS) is 18.4. The van der Waals surface area contributed by atoms with Gasteiger partial charge in [-0.1, -0.05) is 59.7 Å². The second kappa shape index (κ2) is 4.58. The number of ether oxygens (including phenoxy) is 1. The van der Waals surface area contributed by atoms with Crippen LogP contribution in [0.15, 0.2) is 59.7 Å². The quantitative estimate of drug-likeness (QED) is 0.741. The zero-order valence-corrected chi connectivity index (χ0v) is 11.6. The fourth-order valence-electron chi connectivity index (χ4n) is 2.83. The van der Waals surface area contributed by atoms with E-state index in [2.05, 4.69) is 62.4 Å². The molecule has 1 aliphatic rings. The highest BCUT2D eigenvalue weighted by molar-refractivity contribution is 5.90. The summed E-state index contributed by atoms with van der Waals surface area (Å²) in [5, 5.41) is 2.41. The topological polar surface area (TPSA) is 9.23 Å². The maximum absolute atomic E-state index is 5.70. The fourth-order valence-corrected chi connectivity index (χ4v) is 2.83. The molecule has 0 aliphatic heterocycles. The van der Waals surface area contributed by atoms with Gasteiger partial charge in [0.15, 0.2) is 0 Å². The van der Waals surface area contributed by atoms with Crippen LogP contribution in [0.4, 0.5) is 0 Å². The molecular formula is C18H18O. The molecule has 3 rings (SSSR count). The first-order chi connectivity index (χ1) is 9.22. The molecular weight excluding hydrogens is 232 g/mol. The van der Waals surface area contributed by atoms with Crippen LogP contribution in [0.2, 0.25) is 0 Å². The van der Waals surface area contributed by atoms with Crippen molar-refractivity contribution in [3.63, 3.8) is 0 Å². The van der Waals surface area contributed by atoms with Gasteiger partial charge in [0, 0.05) is 16.9 Å². The van der Waals surface area contributed by atoms with Gasteiger partial charge in [-0.25, -0.2) is 0 Å². The highest BCUT2D eigenvalue weighted by Crippen LogP contribution is 2.41.